The molecule has 0 aliphatic heterocycles. The van der Waals surface area contributed by atoms with Crippen LogP contribution in [0.4, 0.5) is 0 Å². The number of carbonyl (C=O) groups excluding carboxylic acids is 1. The molecule has 0 aromatic carbocycles. The molecule has 0 aromatic heterocycles. The Morgan fingerprint density at radius 2 is 1.00 bits per heavy atom. The number of carbonyl (C=O) groups is 1. The molecule has 1 amide bonds. The van der Waals surface area contributed by atoms with Crippen LogP contribution in [0, 0.1) is 0 Å². The van der Waals surface area contributed by atoms with Crippen molar-refractivity contribution < 1.29 is 4.79 Å². The van der Waals surface area contributed by atoms with Crippen LogP contribution in [0.1, 0.15) is 111 Å². The van der Waals surface area contributed by atoms with Crippen molar-refractivity contribution in [3.05, 3.63) is 12.2 Å². The molecule has 142 valence electrons. The lowest BCUT2D eigenvalue weighted by Crippen LogP contribution is -2.33. The van der Waals surface area contributed by atoms with E-state index in [1.165, 1.54) is 77.0 Å². The van der Waals surface area contributed by atoms with Crippen LogP contribution in [0.15, 0.2) is 12.2 Å². The molecule has 0 spiro atoms. The standard InChI is InChI=1S/C22H43NO/c1-5-7-9-11-13-15-17-19-23(22(24)21(3)4)20-18-16-14-12-10-8-6-2/h3,5-20H2,1-2,4H3. The molecule has 0 radical (unpaired) electrons. The van der Waals surface area contributed by atoms with Gasteiger partial charge in [-0.25, -0.2) is 0 Å². The minimum atomic E-state index is 0.159. The molecule has 0 heterocycles. The lowest BCUT2D eigenvalue weighted by molar-refractivity contribution is -0.127. The molecular weight excluding hydrogens is 294 g/mol. The lowest BCUT2D eigenvalue weighted by atomic mass is 10.1. The van der Waals surface area contributed by atoms with Gasteiger partial charge in [-0.05, 0) is 19.8 Å². The van der Waals surface area contributed by atoms with Gasteiger partial charge in [0.25, 0.3) is 0 Å². The van der Waals surface area contributed by atoms with E-state index in [4.69, 9.17) is 0 Å². The summed E-state index contributed by atoms with van der Waals surface area (Å²) in [5, 5.41) is 0. The third kappa shape index (κ3) is 13.6. The Morgan fingerprint density at radius 3 is 1.33 bits per heavy atom. The van der Waals surface area contributed by atoms with Gasteiger partial charge in [-0.3, -0.25) is 4.79 Å². The van der Waals surface area contributed by atoms with E-state index in [9.17, 15) is 4.79 Å². The molecule has 2 heteroatoms. The van der Waals surface area contributed by atoms with Gasteiger partial charge in [-0.15, -0.1) is 0 Å². The molecular formula is C22H43NO. The predicted molar refractivity (Wildman–Crippen MR) is 107 cm³/mol. The third-order valence-corrected chi connectivity index (χ3v) is 4.72. The van der Waals surface area contributed by atoms with E-state index in [2.05, 4.69) is 20.4 Å². The van der Waals surface area contributed by atoms with Gasteiger partial charge in [0, 0.05) is 18.7 Å². The molecule has 0 bridgehead atoms. The third-order valence-electron chi connectivity index (χ3n) is 4.72. The first-order chi connectivity index (χ1) is 11.6. The second-order valence-corrected chi connectivity index (χ2v) is 7.32. The molecule has 0 saturated heterocycles. The first-order valence-electron chi connectivity index (χ1n) is 10.6. The van der Waals surface area contributed by atoms with Crippen molar-refractivity contribution in [1.82, 2.24) is 4.90 Å². The molecule has 0 unspecified atom stereocenters. The van der Waals surface area contributed by atoms with Crippen molar-refractivity contribution >= 4 is 5.91 Å². The molecule has 24 heavy (non-hydrogen) atoms. The highest BCUT2D eigenvalue weighted by Crippen LogP contribution is 2.11. The Kier molecular flexibility index (Phi) is 16.5. The van der Waals surface area contributed by atoms with E-state index in [1.807, 2.05) is 11.8 Å². The first-order valence-corrected chi connectivity index (χ1v) is 10.6. The van der Waals surface area contributed by atoms with Gasteiger partial charge >= 0.3 is 0 Å². The normalized spacial score (nSPS) is 10.8. The highest BCUT2D eigenvalue weighted by molar-refractivity contribution is 5.92. The van der Waals surface area contributed by atoms with E-state index in [0.29, 0.717) is 5.57 Å². The van der Waals surface area contributed by atoms with E-state index in [-0.39, 0.29) is 5.91 Å². The molecule has 2 nitrogen and oxygen atoms in total. The largest absolute Gasteiger partial charge is 0.339 e. The Bertz CT molecular complexity index is 293. The fraction of sp³-hybridized carbons (Fsp3) is 0.864. The Hall–Kier alpha value is -0.790. The summed E-state index contributed by atoms with van der Waals surface area (Å²) in [6, 6.07) is 0. The number of unbranched alkanes of at least 4 members (excludes halogenated alkanes) is 12. The van der Waals surface area contributed by atoms with Crippen LogP contribution in [0.5, 0.6) is 0 Å². The van der Waals surface area contributed by atoms with E-state index >= 15 is 0 Å². The van der Waals surface area contributed by atoms with E-state index in [1.54, 1.807) is 0 Å². The smallest absolute Gasteiger partial charge is 0.248 e. The van der Waals surface area contributed by atoms with E-state index in [0.717, 1.165) is 25.9 Å². The number of rotatable bonds is 17. The average molecular weight is 338 g/mol. The van der Waals surface area contributed by atoms with Crippen LogP contribution in [0.2, 0.25) is 0 Å². The van der Waals surface area contributed by atoms with Gasteiger partial charge in [-0.2, -0.15) is 0 Å². The number of nitrogens with zero attached hydrogens (tertiary/aromatic N) is 1. The SMILES string of the molecule is C=C(C)C(=O)N(CCCCCCCCC)CCCCCCCCC. The summed E-state index contributed by atoms with van der Waals surface area (Å²) in [7, 11) is 0. The highest BCUT2D eigenvalue weighted by atomic mass is 16.2. The molecule has 0 atom stereocenters. The first kappa shape index (κ1) is 23.2. The Balaban J connectivity index is 3.86. The zero-order valence-corrected chi connectivity index (χ0v) is 16.9. The molecule has 0 rings (SSSR count). The topological polar surface area (TPSA) is 20.3 Å². The van der Waals surface area contributed by atoms with Gasteiger partial charge in [0.15, 0.2) is 0 Å². The maximum absolute atomic E-state index is 12.3. The van der Waals surface area contributed by atoms with Gasteiger partial charge in [0.2, 0.25) is 5.91 Å². The van der Waals surface area contributed by atoms with Gasteiger partial charge < -0.3 is 4.90 Å². The van der Waals surface area contributed by atoms with Crippen LogP contribution in [-0.4, -0.2) is 23.9 Å². The van der Waals surface area contributed by atoms with E-state index < -0.39 is 0 Å². The summed E-state index contributed by atoms with van der Waals surface area (Å²) in [6.45, 7) is 12.0. The average Bonchev–Trinajstić information content (AvgIpc) is 2.57. The summed E-state index contributed by atoms with van der Waals surface area (Å²) >= 11 is 0. The van der Waals surface area contributed by atoms with Crippen molar-refractivity contribution in [3.8, 4) is 0 Å². The van der Waals surface area contributed by atoms with Crippen molar-refractivity contribution in [2.24, 2.45) is 0 Å². The minimum absolute atomic E-state index is 0.159. The van der Waals surface area contributed by atoms with Crippen molar-refractivity contribution in [1.29, 1.82) is 0 Å². The van der Waals surface area contributed by atoms with Crippen LogP contribution in [-0.2, 0) is 4.79 Å². The summed E-state index contributed by atoms with van der Waals surface area (Å²) in [6.07, 6.45) is 18.2. The van der Waals surface area contributed by atoms with Crippen LogP contribution in [0.3, 0.4) is 0 Å². The van der Waals surface area contributed by atoms with Crippen molar-refractivity contribution in [2.75, 3.05) is 13.1 Å². The van der Waals surface area contributed by atoms with Gasteiger partial charge in [0.05, 0.1) is 0 Å². The van der Waals surface area contributed by atoms with Gasteiger partial charge in [0.1, 0.15) is 0 Å². The highest BCUT2D eigenvalue weighted by Gasteiger charge is 2.13. The summed E-state index contributed by atoms with van der Waals surface area (Å²) < 4.78 is 0. The monoisotopic (exact) mass is 337 g/mol. The summed E-state index contributed by atoms with van der Waals surface area (Å²) in [4.78, 5) is 14.3. The van der Waals surface area contributed by atoms with Crippen molar-refractivity contribution in [2.45, 2.75) is 111 Å². The fourth-order valence-corrected chi connectivity index (χ4v) is 3.10. The maximum Gasteiger partial charge on any atom is 0.248 e. The molecule has 0 saturated carbocycles. The quantitative estimate of drug-likeness (QED) is 0.209. The fourth-order valence-electron chi connectivity index (χ4n) is 3.10. The minimum Gasteiger partial charge on any atom is -0.339 e. The lowest BCUT2D eigenvalue weighted by Gasteiger charge is -2.23. The van der Waals surface area contributed by atoms with Crippen molar-refractivity contribution in [3.63, 3.8) is 0 Å². The van der Waals surface area contributed by atoms with Crippen LogP contribution >= 0.6 is 0 Å². The Labute approximate surface area is 152 Å². The number of hydrogen-bond acceptors (Lipinski definition) is 1. The van der Waals surface area contributed by atoms with Gasteiger partial charge in [-0.1, -0.05) is 97.5 Å². The molecule has 0 aromatic rings. The van der Waals surface area contributed by atoms with Crippen LogP contribution in [0.25, 0.3) is 0 Å². The van der Waals surface area contributed by atoms with Crippen LogP contribution < -0.4 is 0 Å². The summed E-state index contributed by atoms with van der Waals surface area (Å²) in [5.41, 5.74) is 0.681. The zero-order chi connectivity index (χ0) is 18.0. The number of hydrogen-bond donors (Lipinski definition) is 0. The Morgan fingerprint density at radius 1 is 0.667 bits per heavy atom. The second kappa shape index (κ2) is 17.0. The molecule has 0 aliphatic carbocycles. The maximum atomic E-state index is 12.3. The second-order valence-electron chi connectivity index (χ2n) is 7.32. The molecule has 0 fully saturated rings. The molecule has 0 aliphatic rings. The zero-order valence-electron chi connectivity index (χ0n) is 16.9. The summed E-state index contributed by atoms with van der Waals surface area (Å²) in [5.74, 6) is 0.159. The molecule has 0 N–H and O–H groups in total. The number of amides is 1. The predicted octanol–water partition coefficient (Wildman–Crippen LogP) is 6.89.